The molecule has 2 N–H and O–H groups in total. The second-order valence-electron chi connectivity index (χ2n) is 6.31. The maximum Gasteiger partial charge on any atom is 0.417 e. The zero-order valence-corrected chi connectivity index (χ0v) is 15.1. The standard InChI is InChI=1S/C17H22F3N5O/c1-10(2)15-13(16(26)23-7-11(3)21-4)9-24-25(15)14-6-5-12(8-22-14)17(18,19)20/h5-6,8-11,21H,7H2,1-4H3,(H,23,26). The van der Waals surface area contributed by atoms with Gasteiger partial charge in [-0.15, -0.1) is 0 Å². The van der Waals surface area contributed by atoms with Gasteiger partial charge in [-0.1, -0.05) is 13.8 Å². The summed E-state index contributed by atoms with van der Waals surface area (Å²) in [5.41, 5.74) is 0.135. The molecule has 9 heteroatoms. The quantitative estimate of drug-likeness (QED) is 0.821. The van der Waals surface area contributed by atoms with Crippen LogP contribution in [-0.2, 0) is 6.18 Å². The highest BCUT2D eigenvalue weighted by atomic mass is 19.4. The fraction of sp³-hybridized carbons (Fsp3) is 0.471. The molecule has 2 aromatic heterocycles. The lowest BCUT2D eigenvalue weighted by Gasteiger charge is -2.14. The topological polar surface area (TPSA) is 71.8 Å². The number of carbonyl (C=O) groups is 1. The largest absolute Gasteiger partial charge is 0.417 e. The summed E-state index contributed by atoms with van der Waals surface area (Å²) in [7, 11) is 1.80. The summed E-state index contributed by atoms with van der Waals surface area (Å²) >= 11 is 0. The SMILES string of the molecule is CNC(C)CNC(=O)c1cnn(-c2ccc(C(F)(F)F)cn2)c1C(C)C. The number of carbonyl (C=O) groups excluding carboxylic acids is 1. The van der Waals surface area contributed by atoms with E-state index in [0.717, 1.165) is 12.3 Å². The highest BCUT2D eigenvalue weighted by Gasteiger charge is 2.31. The van der Waals surface area contributed by atoms with E-state index in [-0.39, 0.29) is 23.7 Å². The van der Waals surface area contributed by atoms with Gasteiger partial charge in [-0.2, -0.15) is 18.3 Å². The summed E-state index contributed by atoms with van der Waals surface area (Å²) in [5, 5.41) is 10.00. The summed E-state index contributed by atoms with van der Waals surface area (Å²) in [6.45, 7) is 6.13. The van der Waals surface area contributed by atoms with Crippen molar-refractivity contribution in [2.45, 2.75) is 38.9 Å². The number of amides is 1. The minimum atomic E-state index is -4.45. The van der Waals surface area contributed by atoms with E-state index in [1.807, 2.05) is 20.8 Å². The number of hydrogen-bond acceptors (Lipinski definition) is 4. The van der Waals surface area contributed by atoms with Gasteiger partial charge in [-0.05, 0) is 32.0 Å². The van der Waals surface area contributed by atoms with Crippen molar-refractivity contribution in [3.8, 4) is 5.82 Å². The van der Waals surface area contributed by atoms with Gasteiger partial charge in [0, 0.05) is 18.8 Å². The maximum atomic E-state index is 12.7. The van der Waals surface area contributed by atoms with Crippen molar-refractivity contribution < 1.29 is 18.0 Å². The van der Waals surface area contributed by atoms with Gasteiger partial charge < -0.3 is 10.6 Å². The highest BCUT2D eigenvalue weighted by molar-refractivity contribution is 5.95. The van der Waals surface area contributed by atoms with E-state index in [1.165, 1.54) is 16.9 Å². The lowest BCUT2D eigenvalue weighted by molar-refractivity contribution is -0.137. The Morgan fingerprint density at radius 2 is 1.92 bits per heavy atom. The summed E-state index contributed by atoms with van der Waals surface area (Å²) in [5.74, 6) is -0.137. The first-order chi connectivity index (χ1) is 12.1. The van der Waals surface area contributed by atoms with Gasteiger partial charge in [0.05, 0.1) is 23.0 Å². The van der Waals surface area contributed by atoms with E-state index in [2.05, 4.69) is 20.7 Å². The molecule has 0 spiro atoms. The first kappa shape index (κ1) is 19.9. The molecule has 0 aliphatic carbocycles. The van der Waals surface area contributed by atoms with Gasteiger partial charge >= 0.3 is 6.18 Å². The molecule has 1 unspecified atom stereocenters. The number of nitrogens with one attached hydrogen (secondary N) is 2. The molecule has 0 radical (unpaired) electrons. The second kappa shape index (κ2) is 7.86. The van der Waals surface area contributed by atoms with Crippen LogP contribution < -0.4 is 10.6 Å². The predicted molar refractivity (Wildman–Crippen MR) is 91.3 cm³/mol. The molecule has 1 amide bonds. The number of likely N-dealkylation sites (N-methyl/N-ethyl adjacent to an activating group) is 1. The Kier molecular flexibility index (Phi) is 6.01. The van der Waals surface area contributed by atoms with Crippen molar-refractivity contribution in [3.63, 3.8) is 0 Å². The molecular weight excluding hydrogens is 347 g/mol. The van der Waals surface area contributed by atoms with Crippen LogP contribution in [0.5, 0.6) is 0 Å². The average Bonchev–Trinajstić information content (AvgIpc) is 3.04. The summed E-state index contributed by atoms with van der Waals surface area (Å²) in [6, 6.07) is 2.29. The van der Waals surface area contributed by atoms with Crippen molar-refractivity contribution in [1.29, 1.82) is 0 Å². The summed E-state index contributed by atoms with van der Waals surface area (Å²) in [4.78, 5) is 16.3. The highest BCUT2D eigenvalue weighted by Crippen LogP contribution is 2.29. The molecule has 142 valence electrons. The lowest BCUT2D eigenvalue weighted by Crippen LogP contribution is -2.37. The van der Waals surface area contributed by atoms with Crippen LogP contribution in [0.2, 0.25) is 0 Å². The van der Waals surface area contributed by atoms with E-state index < -0.39 is 11.7 Å². The molecule has 0 saturated carbocycles. The first-order valence-electron chi connectivity index (χ1n) is 8.22. The number of aromatic nitrogens is 3. The average molecular weight is 369 g/mol. The fourth-order valence-corrected chi connectivity index (χ4v) is 2.39. The van der Waals surface area contributed by atoms with Crippen LogP contribution in [-0.4, -0.2) is 40.3 Å². The van der Waals surface area contributed by atoms with Gasteiger partial charge in [-0.3, -0.25) is 4.79 Å². The molecule has 0 aliphatic heterocycles. The lowest BCUT2D eigenvalue weighted by atomic mass is 10.1. The van der Waals surface area contributed by atoms with Crippen LogP contribution in [0.25, 0.3) is 5.82 Å². The van der Waals surface area contributed by atoms with E-state index in [0.29, 0.717) is 17.8 Å². The van der Waals surface area contributed by atoms with Crippen LogP contribution in [0.4, 0.5) is 13.2 Å². The normalized spacial score (nSPS) is 13.1. The number of pyridine rings is 1. The van der Waals surface area contributed by atoms with Crippen LogP contribution >= 0.6 is 0 Å². The Morgan fingerprint density at radius 1 is 1.23 bits per heavy atom. The molecule has 26 heavy (non-hydrogen) atoms. The summed E-state index contributed by atoms with van der Waals surface area (Å²) < 4.78 is 39.5. The van der Waals surface area contributed by atoms with Gasteiger partial charge in [0.1, 0.15) is 0 Å². The Hall–Kier alpha value is -2.42. The number of rotatable bonds is 6. The molecule has 0 aliphatic rings. The molecule has 0 aromatic carbocycles. The van der Waals surface area contributed by atoms with Crippen molar-refractivity contribution >= 4 is 5.91 Å². The molecule has 0 saturated heterocycles. The van der Waals surface area contributed by atoms with E-state index in [1.54, 1.807) is 7.05 Å². The Morgan fingerprint density at radius 3 is 2.42 bits per heavy atom. The molecule has 2 heterocycles. The van der Waals surface area contributed by atoms with Gasteiger partial charge in [0.15, 0.2) is 5.82 Å². The predicted octanol–water partition coefficient (Wildman–Crippen LogP) is 2.75. The fourth-order valence-electron chi connectivity index (χ4n) is 2.39. The van der Waals surface area contributed by atoms with Crippen molar-refractivity contribution in [2.24, 2.45) is 0 Å². The molecule has 1 atom stereocenters. The minimum absolute atomic E-state index is 0.0796. The Labute approximate surface area is 149 Å². The van der Waals surface area contributed by atoms with E-state index in [9.17, 15) is 18.0 Å². The second-order valence-corrected chi connectivity index (χ2v) is 6.31. The number of nitrogens with zero attached hydrogens (tertiary/aromatic N) is 3. The molecular formula is C17H22F3N5O. The van der Waals surface area contributed by atoms with Crippen molar-refractivity contribution in [2.75, 3.05) is 13.6 Å². The number of halogens is 3. The monoisotopic (exact) mass is 369 g/mol. The van der Waals surface area contributed by atoms with E-state index in [4.69, 9.17) is 0 Å². The molecule has 6 nitrogen and oxygen atoms in total. The smallest absolute Gasteiger partial charge is 0.350 e. The zero-order chi connectivity index (χ0) is 19.5. The molecule has 2 rings (SSSR count). The van der Waals surface area contributed by atoms with Crippen LogP contribution in [0.15, 0.2) is 24.5 Å². The van der Waals surface area contributed by atoms with Crippen molar-refractivity contribution in [3.05, 3.63) is 41.3 Å². The van der Waals surface area contributed by atoms with Crippen LogP contribution in [0.3, 0.4) is 0 Å². The summed E-state index contributed by atoms with van der Waals surface area (Å²) in [6.07, 6.45) is -2.28. The number of alkyl halides is 3. The van der Waals surface area contributed by atoms with Gasteiger partial charge in [0.25, 0.3) is 5.91 Å². The third kappa shape index (κ3) is 4.40. The van der Waals surface area contributed by atoms with Crippen LogP contribution in [0.1, 0.15) is 48.3 Å². The third-order valence-corrected chi connectivity index (χ3v) is 3.95. The van der Waals surface area contributed by atoms with Crippen molar-refractivity contribution in [1.82, 2.24) is 25.4 Å². The first-order valence-corrected chi connectivity index (χ1v) is 8.22. The van der Waals surface area contributed by atoms with Gasteiger partial charge in [-0.25, -0.2) is 9.67 Å². The van der Waals surface area contributed by atoms with Crippen LogP contribution in [0, 0.1) is 0 Å². The van der Waals surface area contributed by atoms with E-state index >= 15 is 0 Å². The molecule has 0 fully saturated rings. The Balaban J connectivity index is 2.33. The number of hydrogen-bond donors (Lipinski definition) is 2. The Bertz CT molecular complexity index is 753. The van der Waals surface area contributed by atoms with Gasteiger partial charge in [0.2, 0.25) is 0 Å². The molecule has 2 aromatic rings. The molecule has 0 bridgehead atoms. The minimum Gasteiger partial charge on any atom is -0.350 e. The third-order valence-electron chi connectivity index (χ3n) is 3.95. The maximum absolute atomic E-state index is 12.7. The zero-order valence-electron chi connectivity index (χ0n) is 15.1.